The molecule has 0 radical (unpaired) electrons. The highest BCUT2D eigenvalue weighted by atomic mass is 32.2. The lowest BCUT2D eigenvalue weighted by molar-refractivity contribution is -0.119. The van der Waals surface area contributed by atoms with E-state index in [-0.39, 0.29) is 5.25 Å². The topological polar surface area (TPSA) is 34.9 Å². The van der Waals surface area contributed by atoms with Gasteiger partial charge in [0.2, 0.25) is 0 Å². The van der Waals surface area contributed by atoms with Crippen LogP contribution in [0, 0.1) is 13.8 Å². The molecule has 0 amide bonds. The number of carbonyl (C=O) groups is 1. The number of imidazole rings is 1. The first-order chi connectivity index (χ1) is 10.1. The van der Waals surface area contributed by atoms with Crippen LogP contribution in [-0.4, -0.2) is 20.6 Å². The van der Waals surface area contributed by atoms with E-state index in [4.69, 9.17) is 0 Å². The number of hydrogen-bond acceptors (Lipinski definition) is 3. The van der Waals surface area contributed by atoms with E-state index in [9.17, 15) is 4.79 Å². The number of Topliss-reactive ketones (excluding diaryl/α,β-unsaturated/α-hetero) is 1. The first-order valence-corrected chi connectivity index (χ1v) is 8.33. The molecule has 0 aliphatic heterocycles. The molecule has 0 bridgehead atoms. The summed E-state index contributed by atoms with van der Waals surface area (Å²) in [6.45, 7) is 4.20. The number of aryl methyl sites for hydroxylation is 2. The third-order valence-corrected chi connectivity index (χ3v) is 5.13. The van der Waals surface area contributed by atoms with E-state index >= 15 is 0 Å². The molecule has 1 aliphatic rings. The van der Waals surface area contributed by atoms with E-state index in [1.54, 1.807) is 11.8 Å². The second-order valence-corrected chi connectivity index (χ2v) is 6.91. The Kier molecular flexibility index (Phi) is 4.15. The standard InChI is InChI=1S/C17H20N2OS/c1-12-9-13(2)11-14(10-12)19-8-7-18-17(19)21-16-6-4-3-5-15(16)20/h7-11,16H,3-6H2,1-2H3/t16-/m1/s1. The number of ketones is 1. The summed E-state index contributed by atoms with van der Waals surface area (Å²) in [6, 6.07) is 6.47. The number of hydrogen-bond donors (Lipinski definition) is 0. The van der Waals surface area contributed by atoms with Gasteiger partial charge in [0.1, 0.15) is 5.78 Å². The van der Waals surface area contributed by atoms with Crippen molar-refractivity contribution < 1.29 is 4.79 Å². The SMILES string of the molecule is Cc1cc(C)cc(-n2ccnc2S[C@@H]2CCCCC2=O)c1. The summed E-state index contributed by atoms with van der Waals surface area (Å²) >= 11 is 1.61. The summed E-state index contributed by atoms with van der Waals surface area (Å²) in [6.07, 6.45) is 7.68. The zero-order valence-corrected chi connectivity index (χ0v) is 13.3. The van der Waals surface area contributed by atoms with Crippen LogP contribution in [0.4, 0.5) is 0 Å². The normalized spacial score (nSPS) is 19.0. The molecule has 0 unspecified atom stereocenters. The Morgan fingerprint density at radius 1 is 1.19 bits per heavy atom. The molecule has 4 heteroatoms. The van der Waals surface area contributed by atoms with Crippen molar-refractivity contribution in [3.8, 4) is 5.69 Å². The lowest BCUT2D eigenvalue weighted by Gasteiger charge is -2.20. The highest BCUT2D eigenvalue weighted by Gasteiger charge is 2.25. The summed E-state index contributed by atoms with van der Waals surface area (Å²) < 4.78 is 2.09. The minimum atomic E-state index is 0.0748. The number of carbonyl (C=O) groups excluding carboxylic acids is 1. The van der Waals surface area contributed by atoms with Gasteiger partial charge in [-0.3, -0.25) is 9.36 Å². The van der Waals surface area contributed by atoms with Crippen molar-refractivity contribution in [2.45, 2.75) is 49.9 Å². The summed E-state index contributed by atoms with van der Waals surface area (Å²) in [5.74, 6) is 0.376. The maximum Gasteiger partial charge on any atom is 0.173 e. The van der Waals surface area contributed by atoms with Crippen LogP contribution in [0.25, 0.3) is 5.69 Å². The van der Waals surface area contributed by atoms with Crippen molar-refractivity contribution in [1.82, 2.24) is 9.55 Å². The molecule has 1 aromatic heterocycles. The highest BCUT2D eigenvalue weighted by molar-refractivity contribution is 8.00. The summed E-state index contributed by atoms with van der Waals surface area (Å²) in [4.78, 5) is 16.5. The van der Waals surface area contributed by atoms with E-state index in [0.29, 0.717) is 5.78 Å². The molecule has 1 atom stereocenters. The van der Waals surface area contributed by atoms with Crippen LogP contribution in [0.1, 0.15) is 36.8 Å². The summed E-state index contributed by atoms with van der Waals surface area (Å²) in [5, 5.41) is 0.992. The van der Waals surface area contributed by atoms with Crippen molar-refractivity contribution in [2.75, 3.05) is 0 Å². The van der Waals surface area contributed by atoms with Gasteiger partial charge in [0.15, 0.2) is 5.16 Å². The predicted octanol–water partition coefficient (Wildman–Crippen LogP) is 4.09. The third kappa shape index (κ3) is 3.21. The molecule has 1 aromatic carbocycles. The van der Waals surface area contributed by atoms with E-state index in [1.807, 2.05) is 12.4 Å². The second-order valence-electron chi connectivity index (χ2n) is 5.74. The minimum Gasteiger partial charge on any atom is -0.298 e. The number of rotatable bonds is 3. The zero-order chi connectivity index (χ0) is 14.8. The number of thioether (sulfide) groups is 1. The Morgan fingerprint density at radius 3 is 2.67 bits per heavy atom. The molecule has 1 heterocycles. The van der Waals surface area contributed by atoms with Gasteiger partial charge >= 0.3 is 0 Å². The lowest BCUT2D eigenvalue weighted by Crippen LogP contribution is -2.21. The van der Waals surface area contributed by atoms with Crippen LogP contribution in [-0.2, 0) is 4.79 Å². The van der Waals surface area contributed by atoms with Gasteiger partial charge in [-0.2, -0.15) is 0 Å². The zero-order valence-electron chi connectivity index (χ0n) is 12.5. The largest absolute Gasteiger partial charge is 0.298 e. The monoisotopic (exact) mass is 300 g/mol. The Bertz CT molecular complexity index is 642. The molecule has 0 saturated heterocycles. The molecule has 1 aliphatic carbocycles. The molecule has 0 N–H and O–H groups in total. The summed E-state index contributed by atoms with van der Waals surface area (Å²) in [7, 11) is 0. The van der Waals surface area contributed by atoms with Gasteiger partial charge in [0.25, 0.3) is 0 Å². The van der Waals surface area contributed by atoms with Crippen molar-refractivity contribution in [2.24, 2.45) is 0 Å². The van der Waals surface area contributed by atoms with Crippen molar-refractivity contribution in [1.29, 1.82) is 0 Å². The maximum absolute atomic E-state index is 12.0. The Balaban J connectivity index is 1.88. The first-order valence-electron chi connectivity index (χ1n) is 7.45. The Hall–Kier alpha value is -1.55. The quantitative estimate of drug-likeness (QED) is 0.856. The van der Waals surface area contributed by atoms with Gasteiger partial charge < -0.3 is 0 Å². The number of benzene rings is 1. The van der Waals surface area contributed by atoms with Gasteiger partial charge in [-0.25, -0.2) is 4.98 Å². The number of nitrogens with zero attached hydrogens (tertiary/aromatic N) is 2. The van der Waals surface area contributed by atoms with Crippen molar-refractivity contribution in [3.63, 3.8) is 0 Å². The molecular formula is C17H20N2OS. The fraction of sp³-hybridized carbons (Fsp3) is 0.412. The fourth-order valence-electron chi connectivity index (χ4n) is 2.87. The van der Waals surface area contributed by atoms with Gasteiger partial charge in [-0.15, -0.1) is 0 Å². The average Bonchev–Trinajstić information content (AvgIpc) is 2.88. The van der Waals surface area contributed by atoms with Crippen LogP contribution < -0.4 is 0 Å². The van der Waals surface area contributed by atoms with Crippen LogP contribution >= 0.6 is 11.8 Å². The predicted molar refractivity (Wildman–Crippen MR) is 86.2 cm³/mol. The number of aromatic nitrogens is 2. The van der Waals surface area contributed by atoms with Gasteiger partial charge in [0.05, 0.1) is 5.25 Å². The minimum absolute atomic E-state index is 0.0748. The Labute approximate surface area is 129 Å². The molecule has 21 heavy (non-hydrogen) atoms. The molecule has 3 rings (SSSR count). The van der Waals surface area contributed by atoms with E-state index in [2.05, 4.69) is 41.6 Å². The highest BCUT2D eigenvalue weighted by Crippen LogP contribution is 2.32. The van der Waals surface area contributed by atoms with Crippen molar-refractivity contribution in [3.05, 3.63) is 41.7 Å². The summed E-state index contributed by atoms with van der Waals surface area (Å²) in [5.41, 5.74) is 3.60. The fourth-order valence-corrected chi connectivity index (χ4v) is 4.06. The third-order valence-electron chi connectivity index (χ3n) is 3.84. The molecule has 2 aromatic rings. The van der Waals surface area contributed by atoms with Crippen LogP contribution in [0.15, 0.2) is 35.7 Å². The van der Waals surface area contributed by atoms with Crippen LogP contribution in [0.5, 0.6) is 0 Å². The Morgan fingerprint density at radius 2 is 1.95 bits per heavy atom. The van der Waals surface area contributed by atoms with Crippen LogP contribution in [0.2, 0.25) is 0 Å². The van der Waals surface area contributed by atoms with E-state index in [1.165, 1.54) is 11.1 Å². The molecule has 3 nitrogen and oxygen atoms in total. The molecule has 0 spiro atoms. The van der Waals surface area contributed by atoms with Gasteiger partial charge in [-0.1, -0.05) is 24.2 Å². The van der Waals surface area contributed by atoms with Crippen LogP contribution in [0.3, 0.4) is 0 Å². The maximum atomic E-state index is 12.0. The molecule has 1 saturated carbocycles. The lowest BCUT2D eigenvalue weighted by atomic mass is 9.99. The molecule has 1 fully saturated rings. The molecular weight excluding hydrogens is 280 g/mol. The van der Waals surface area contributed by atoms with E-state index in [0.717, 1.165) is 36.5 Å². The molecule has 110 valence electrons. The van der Waals surface area contributed by atoms with Crippen molar-refractivity contribution >= 4 is 17.5 Å². The second kappa shape index (κ2) is 6.06. The van der Waals surface area contributed by atoms with Gasteiger partial charge in [0, 0.05) is 24.5 Å². The van der Waals surface area contributed by atoms with Gasteiger partial charge in [-0.05, 0) is 49.9 Å². The smallest absolute Gasteiger partial charge is 0.173 e. The van der Waals surface area contributed by atoms with E-state index < -0.39 is 0 Å². The average molecular weight is 300 g/mol. The first kappa shape index (κ1) is 14.4.